The monoisotopic (exact) mass is 204 g/mol. The molecule has 1 fully saturated rings. The van der Waals surface area contributed by atoms with Crippen LogP contribution in [0.15, 0.2) is 0 Å². The molecule has 0 radical (unpaired) electrons. The largest absolute Gasteiger partial charge is 0.481 e. The van der Waals surface area contributed by atoms with Crippen molar-refractivity contribution >= 4 is 18.6 Å². The second kappa shape index (κ2) is 4.83. The molecular formula is C8H16N2O2S. The fourth-order valence-electron chi connectivity index (χ4n) is 1.75. The maximum absolute atomic E-state index is 10.8. The summed E-state index contributed by atoms with van der Waals surface area (Å²) in [5.74, 6) is 5.21. The second-order valence-corrected chi connectivity index (χ2v) is 3.87. The molecule has 1 aliphatic heterocycles. The Morgan fingerprint density at radius 2 is 2.15 bits per heavy atom. The maximum Gasteiger partial charge on any atom is 0.307 e. The molecule has 1 atom stereocenters. The molecule has 4 nitrogen and oxygen atoms in total. The maximum atomic E-state index is 10.8. The lowest BCUT2D eigenvalue weighted by molar-refractivity contribution is -0.143. The van der Waals surface area contributed by atoms with Crippen LogP contribution in [0.2, 0.25) is 0 Å². The summed E-state index contributed by atoms with van der Waals surface area (Å²) in [6, 6.07) is 0. The van der Waals surface area contributed by atoms with Crippen molar-refractivity contribution in [1.82, 2.24) is 5.01 Å². The minimum atomic E-state index is -0.731. The third-order valence-corrected chi connectivity index (χ3v) is 3.05. The topological polar surface area (TPSA) is 66.6 Å². The summed E-state index contributed by atoms with van der Waals surface area (Å²) in [5.41, 5.74) is 0. The zero-order valence-electron chi connectivity index (χ0n) is 7.52. The molecule has 0 spiro atoms. The van der Waals surface area contributed by atoms with Gasteiger partial charge in [-0.05, 0) is 18.8 Å². The molecular weight excluding hydrogens is 188 g/mol. The summed E-state index contributed by atoms with van der Waals surface area (Å²) in [7, 11) is 0. The smallest absolute Gasteiger partial charge is 0.307 e. The number of carboxylic acid groups (broad SMARTS) is 1. The Hall–Kier alpha value is -0.260. The van der Waals surface area contributed by atoms with E-state index in [1.807, 2.05) is 0 Å². The molecule has 0 aromatic rings. The SMILES string of the molecule is NN1CCC(C(CS)C(=O)O)CC1. The third-order valence-electron chi connectivity index (χ3n) is 2.66. The molecule has 76 valence electrons. The molecule has 0 aliphatic carbocycles. The van der Waals surface area contributed by atoms with Gasteiger partial charge in [0.15, 0.2) is 0 Å². The number of hydrazine groups is 1. The lowest BCUT2D eigenvalue weighted by Gasteiger charge is -2.31. The van der Waals surface area contributed by atoms with Gasteiger partial charge in [-0.25, -0.2) is 5.01 Å². The highest BCUT2D eigenvalue weighted by molar-refractivity contribution is 7.80. The average Bonchev–Trinajstić information content (AvgIpc) is 2.09. The highest BCUT2D eigenvalue weighted by Crippen LogP contribution is 2.25. The summed E-state index contributed by atoms with van der Waals surface area (Å²) in [4.78, 5) is 10.8. The van der Waals surface area contributed by atoms with Crippen molar-refractivity contribution in [3.8, 4) is 0 Å². The van der Waals surface area contributed by atoms with Gasteiger partial charge in [0, 0.05) is 18.8 Å². The molecule has 1 heterocycles. The fourth-order valence-corrected chi connectivity index (χ4v) is 2.20. The van der Waals surface area contributed by atoms with E-state index in [1.165, 1.54) is 0 Å². The number of hydrogen-bond donors (Lipinski definition) is 3. The van der Waals surface area contributed by atoms with Crippen LogP contribution >= 0.6 is 12.6 Å². The van der Waals surface area contributed by atoms with Crippen LogP contribution in [0.25, 0.3) is 0 Å². The van der Waals surface area contributed by atoms with E-state index in [0.717, 1.165) is 25.9 Å². The number of hydrogen-bond acceptors (Lipinski definition) is 4. The van der Waals surface area contributed by atoms with Crippen molar-refractivity contribution < 1.29 is 9.90 Å². The summed E-state index contributed by atoms with van der Waals surface area (Å²) in [6.45, 7) is 1.59. The van der Waals surface area contributed by atoms with Crippen molar-refractivity contribution in [2.24, 2.45) is 17.7 Å². The van der Waals surface area contributed by atoms with Gasteiger partial charge in [0.2, 0.25) is 0 Å². The predicted molar refractivity (Wildman–Crippen MR) is 53.5 cm³/mol. The first-order valence-corrected chi connectivity index (χ1v) is 5.11. The number of nitrogens with zero attached hydrogens (tertiary/aromatic N) is 1. The molecule has 0 aromatic carbocycles. The van der Waals surface area contributed by atoms with Gasteiger partial charge in [-0.3, -0.25) is 10.6 Å². The molecule has 13 heavy (non-hydrogen) atoms. The number of carbonyl (C=O) groups is 1. The quantitative estimate of drug-likeness (QED) is 0.454. The second-order valence-electron chi connectivity index (χ2n) is 3.50. The van der Waals surface area contributed by atoms with Crippen LogP contribution in [-0.4, -0.2) is 34.9 Å². The van der Waals surface area contributed by atoms with Crippen molar-refractivity contribution in [3.05, 3.63) is 0 Å². The Morgan fingerprint density at radius 3 is 2.54 bits per heavy atom. The van der Waals surface area contributed by atoms with E-state index in [4.69, 9.17) is 10.9 Å². The molecule has 0 aromatic heterocycles. The van der Waals surface area contributed by atoms with Crippen LogP contribution in [0.5, 0.6) is 0 Å². The summed E-state index contributed by atoms with van der Waals surface area (Å²) < 4.78 is 0. The minimum Gasteiger partial charge on any atom is -0.481 e. The van der Waals surface area contributed by atoms with E-state index in [1.54, 1.807) is 5.01 Å². The van der Waals surface area contributed by atoms with Crippen LogP contribution in [-0.2, 0) is 4.79 Å². The van der Waals surface area contributed by atoms with Crippen LogP contribution in [0.4, 0.5) is 0 Å². The zero-order valence-corrected chi connectivity index (χ0v) is 8.41. The standard InChI is InChI=1S/C8H16N2O2S/c9-10-3-1-6(2-4-10)7(5-13)8(11)12/h6-7,13H,1-5,9H2,(H,11,12). The minimum absolute atomic E-state index is 0.245. The number of aliphatic carboxylic acids is 1. The van der Waals surface area contributed by atoms with E-state index in [9.17, 15) is 4.79 Å². The van der Waals surface area contributed by atoms with Gasteiger partial charge in [0.25, 0.3) is 0 Å². The summed E-state index contributed by atoms with van der Waals surface area (Å²) in [5, 5.41) is 10.6. The average molecular weight is 204 g/mol. The lowest BCUT2D eigenvalue weighted by Crippen LogP contribution is -2.42. The molecule has 0 bridgehead atoms. The van der Waals surface area contributed by atoms with Crippen molar-refractivity contribution in [2.45, 2.75) is 12.8 Å². The molecule has 1 unspecified atom stereocenters. The van der Waals surface area contributed by atoms with Gasteiger partial charge >= 0.3 is 5.97 Å². The Labute approximate surface area is 83.5 Å². The number of thiol groups is 1. The van der Waals surface area contributed by atoms with Crippen LogP contribution < -0.4 is 5.84 Å². The normalized spacial score (nSPS) is 22.9. The van der Waals surface area contributed by atoms with Crippen molar-refractivity contribution in [1.29, 1.82) is 0 Å². The van der Waals surface area contributed by atoms with Crippen molar-refractivity contribution in [2.75, 3.05) is 18.8 Å². The summed E-state index contributed by atoms with van der Waals surface area (Å²) >= 11 is 4.06. The fraction of sp³-hybridized carbons (Fsp3) is 0.875. The highest BCUT2D eigenvalue weighted by Gasteiger charge is 2.29. The number of piperidine rings is 1. The van der Waals surface area contributed by atoms with E-state index < -0.39 is 5.97 Å². The van der Waals surface area contributed by atoms with Gasteiger partial charge in [0.1, 0.15) is 0 Å². The first-order chi connectivity index (χ1) is 6.15. The third kappa shape index (κ3) is 2.86. The van der Waals surface area contributed by atoms with Crippen molar-refractivity contribution in [3.63, 3.8) is 0 Å². The van der Waals surface area contributed by atoms with Crippen LogP contribution in [0, 0.1) is 11.8 Å². The Balaban J connectivity index is 2.46. The zero-order chi connectivity index (χ0) is 9.84. The van der Waals surface area contributed by atoms with Gasteiger partial charge in [-0.1, -0.05) is 0 Å². The summed E-state index contributed by atoms with van der Waals surface area (Å²) in [6.07, 6.45) is 1.74. The molecule has 0 amide bonds. The molecule has 1 saturated heterocycles. The van der Waals surface area contributed by atoms with Gasteiger partial charge < -0.3 is 5.11 Å². The van der Waals surface area contributed by atoms with E-state index in [2.05, 4.69) is 12.6 Å². The molecule has 1 rings (SSSR count). The Morgan fingerprint density at radius 1 is 1.62 bits per heavy atom. The first-order valence-electron chi connectivity index (χ1n) is 4.48. The highest BCUT2D eigenvalue weighted by atomic mass is 32.1. The van der Waals surface area contributed by atoms with E-state index in [-0.39, 0.29) is 11.8 Å². The molecule has 3 N–H and O–H groups in total. The molecule has 1 aliphatic rings. The van der Waals surface area contributed by atoms with Crippen LogP contribution in [0.3, 0.4) is 0 Å². The van der Waals surface area contributed by atoms with Gasteiger partial charge in [-0.2, -0.15) is 12.6 Å². The Kier molecular flexibility index (Phi) is 4.02. The number of nitrogens with two attached hydrogens (primary N) is 1. The predicted octanol–water partition coefficient (Wildman–Crippen LogP) is 0.203. The molecule has 5 heteroatoms. The number of carboxylic acids is 1. The van der Waals surface area contributed by atoms with Crippen LogP contribution in [0.1, 0.15) is 12.8 Å². The van der Waals surface area contributed by atoms with E-state index >= 15 is 0 Å². The van der Waals surface area contributed by atoms with Gasteiger partial charge in [-0.15, -0.1) is 0 Å². The Bertz CT molecular complexity index is 181. The van der Waals surface area contributed by atoms with E-state index in [0.29, 0.717) is 5.75 Å². The lowest BCUT2D eigenvalue weighted by atomic mass is 9.86. The number of rotatable bonds is 3. The molecule has 0 saturated carbocycles. The van der Waals surface area contributed by atoms with Gasteiger partial charge in [0.05, 0.1) is 5.92 Å². The first kappa shape index (κ1) is 10.8.